The largest absolute Gasteiger partial charge is 0.457 e. The Morgan fingerprint density at radius 2 is 1.67 bits per heavy atom. The predicted octanol–water partition coefficient (Wildman–Crippen LogP) is 3.94. The van der Waals surface area contributed by atoms with E-state index in [0.29, 0.717) is 17.9 Å². The van der Waals surface area contributed by atoms with Crippen LogP contribution in [0.25, 0.3) is 0 Å². The fraction of sp³-hybridized carbons (Fsp3) is 0.350. The molecule has 24 heavy (non-hydrogen) atoms. The van der Waals surface area contributed by atoms with E-state index in [2.05, 4.69) is 24.1 Å². The van der Waals surface area contributed by atoms with Crippen LogP contribution in [0.3, 0.4) is 0 Å². The number of hydrogen-bond donors (Lipinski definition) is 1. The summed E-state index contributed by atoms with van der Waals surface area (Å²) in [4.78, 5) is 14.8. The van der Waals surface area contributed by atoms with Crippen molar-refractivity contribution in [1.82, 2.24) is 10.2 Å². The van der Waals surface area contributed by atoms with Gasteiger partial charge in [0.25, 0.3) is 5.91 Å². The average Bonchev–Trinajstić information content (AvgIpc) is 2.63. The van der Waals surface area contributed by atoms with Gasteiger partial charge in [0, 0.05) is 6.54 Å². The Labute approximate surface area is 144 Å². The lowest BCUT2D eigenvalue weighted by Crippen LogP contribution is -2.30. The molecule has 0 saturated heterocycles. The number of carbonyl (C=O) groups is 1. The van der Waals surface area contributed by atoms with Crippen molar-refractivity contribution < 1.29 is 9.53 Å². The Balaban J connectivity index is 1.92. The number of carbonyl (C=O) groups excluding carboxylic acids is 1. The van der Waals surface area contributed by atoms with Crippen molar-refractivity contribution in [2.24, 2.45) is 0 Å². The number of hydrogen-bond acceptors (Lipinski definition) is 3. The molecule has 0 spiro atoms. The zero-order valence-corrected chi connectivity index (χ0v) is 14.5. The Morgan fingerprint density at radius 3 is 2.38 bits per heavy atom. The molecule has 0 aliphatic rings. The molecule has 0 bridgehead atoms. The van der Waals surface area contributed by atoms with E-state index in [1.807, 2.05) is 48.5 Å². The number of nitrogens with one attached hydrogen (secondary N) is 1. The van der Waals surface area contributed by atoms with Gasteiger partial charge in [-0.2, -0.15) is 0 Å². The summed E-state index contributed by atoms with van der Waals surface area (Å²) in [6, 6.07) is 16.8. The molecule has 0 heterocycles. The minimum atomic E-state index is -0.0962. The van der Waals surface area contributed by atoms with Crippen molar-refractivity contribution in [3.63, 3.8) is 0 Å². The summed E-state index contributed by atoms with van der Waals surface area (Å²) < 4.78 is 5.84. The number of benzene rings is 2. The summed E-state index contributed by atoms with van der Waals surface area (Å²) in [5.41, 5.74) is 0.559. The van der Waals surface area contributed by atoms with Crippen LogP contribution in [0.1, 0.15) is 30.6 Å². The highest BCUT2D eigenvalue weighted by atomic mass is 16.5. The molecule has 0 unspecified atom stereocenters. The van der Waals surface area contributed by atoms with E-state index in [1.165, 1.54) is 0 Å². The quantitative estimate of drug-likeness (QED) is 0.710. The van der Waals surface area contributed by atoms with Gasteiger partial charge in [0.05, 0.1) is 5.56 Å². The predicted molar refractivity (Wildman–Crippen MR) is 97.7 cm³/mol. The SMILES string of the molecule is CCN(CC)CCCNC(=O)c1ccccc1Oc1ccccc1. The van der Waals surface area contributed by atoms with Gasteiger partial charge in [-0.25, -0.2) is 0 Å². The summed E-state index contributed by atoms with van der Waals surface area (Å²) in [6.45, 7) is 8.04. The maximum Gasteiger partial charge on any atom is 0.255 e. The van der Waals surface area contributed by atoms with Crippen LogP contribution in [-0.2, 0) is 0 Å². The minimum Gasteiger partial charge on any atom is -0.457 e. The van der Waals surface area contributed by atoms with Gasteiger partial charge in [-0.05, 0) is 50.3 Å². The van der Waals surface area contributed by atoms with Gasteiger partial charge in [-0.3, -0.25) is 4.79 Å². The zero-order valence-electron chi connectivity index (χ0n) is 14.5. The maximum absolute atomic E-state index is 12.4. The monoisotopic (exact) mass is 326 g/mol. The van der Waals surface area contributed by atoms with Crippen LogP contribution in [0.2, 0.25) is 0 Å². The first-order chi connectivity index (χ1) is 11.7. The fourth-order valence-electron chi connectivity index (χ4n) is 2.50. The Bertz CT molecular complexity index is 625. The number of ether oxygens (including phenoxy) is 1. The third-order valence-corrected chi connectivity index (χ3v) is 3.93. The van der Waals surface area contributed by atoms with Crippen LogP contribution in [0.4, 0.5) is 0 Å². The van der Waals surface area contributed by atoms with Gasteiger partial charge >= 0.3 is 0 Å². The summed E-state index contributed by atoms with van der Waals surface area (Å²) in [5.74, 6) is 1.20. The van der Waals surface area contributed by atoms with E-state index in [4.69, 9.17) is 4.74 Å². The molecule has 2 aromatic rings. The van der Waals surface area contributed by atoms with Crippen molar-refractivity contribution in [2.45, 2.75) is 20.3 Å². The van der Waals surface area contributed by atoms with Crippen molar-refractivity contribution in [1.29, 1.82) is 0 Å². The van der Waals surface area contributed by atoms with Gasteiger partial charge in [0.2, 0.25) is 0 Å². The van der Waals surface area contributed by atoms with Crippen LogP contribution in [0.5, 0.6) is 11.5 Å². The first kappa shape index (κ1) is 18.0. The second-order valence-corrected chi connectivity index (χ2v) is 5.55. The molecule has 0 aliphatic heterocycles. The summed E-state index contributed by atoms with van der Waals surface area (Å²) in [7, 11) is 0. The van der Waals surface area contributed by atoms with Gasteiger partial charge in [0.1, 0.15) is 11.5 Å². The third-order valence-electron chi connectivity index (χ3n) is 3.93. The van der Waals surface area contributed by atoms with Crippen LogP contribution >= 0.6 is 0 Å². The summed E-state index contributed by atoms with van der Waals surface area (Å²) >= 11 is 0. The van der Waals surface area contributed by atoms with Crippen LogP contribution in [-0.4, -0.2) is 37.0 Å². The molecule has 1 N–H and O–H groups in total. The summed E-state index contributed by atoms with van der Waals surface area (Å²) in [5, 5.41) is 2.98. The number of amides is 1. The van der Waals surface area contributed by atoms with E-state index < -0.39 is 0 Å². The molecule has 0 aromatic heterocycles. The number of rotatable bonds is 9. The fourth-order valence-corrected chi connectivity index (χ4v) is 2.50. The first-order valence-electron chi connectivity index (χ1n) is 8.57. The van der Waals surface area contributed by atoms with E-state index in [9.17, 15) is 4.79 Å². The van der Waals surface area contributed by atoms with E-state index >= 15 is 0 Å². The lowest BCUT2D eigenvalue weighted by atomic mass is 10.2. The highest BCUT2D eigenvalue weighted by Crippen LogP contribution is 2.24. The molecule has 0 radical (unpaired) electrons. The molecule has 1 amide bonds. The molecule has 0 atom stereocenters. The number of para-hydroxylation sites is 2. The molecule has 4 heteroatoms. The van der Waals surface area contributed by atoms with Gasteiger partial charge in [-0.1, -0.05) is 44.2 Å². The van der Waals surface area contributed by atoms with Crippen molar-refractivity contribution in [2.75, 3.05) is 26.2 Å². The van der Waals surface area contributed by atoms with Gasteiger partial charge < -0.3 is 15.0 Å². The zero-order chi connectivity index (χ0) is 17.2. The van der Waals surface area contributed by atoms with Crippen LogP contribution < -0.4 is 10.1 Å². The molecule has 0 fully saturated rings. The standard InChI is InChI=1S/C20H26N2O2/c1-3-22(4-2)16-10-15-21-20(23)18-13-8-9-14-19(18)24-17-11-6-5-7-12-17/h5-9,11-14H,3-4,10,15-16H2,1-2H3,(H,21,23). The van der Waals surface area contributed by atoms with Crippen molar-refractivity contribution in [3.05, 3.63) is 60.2 Å². The molecule has 128 valence electrons. The maximum atomic E-state index is 12.4. The molecular formula is C20H26N2O2. The van der Waals surface area contributed by atoms with Gasteiger partial charge in [0.15, 0.2) is 0 Å². The third kappa shape index (κ3) is 5.39. The second-order valence-electron chi connectivity index (χ2n) is 5.55. The lowest BCUT2D eigenvalue weighted by Gasteiger charge is -2.17. The van der Waals surface area contributed by atoms with Crippen molar-refractivity contribution >= 4 is 5.91 Å². The minimum absolute atomic E-state index is 0.0962. The van der Waals surface area contributed by atoms with Crippen LogP contribution in [0, 0.1) is 0 Å². The first-order valence-corrected chi connectivity index (χ1v) is 8.57. The lowest BCUT2D eigenvalue weighted by molar-refractivity contribution is 0.0949. The smallest absolute Gasteiger partial charge is 0.255 e. The molecule has 0 saturated carbocycles. The van der Waals surface area contributed by atoms with E-state index in [0.717, 1.165) is 31.8 Å². The molecule has 0 aliphatic carbocycles. The number of nitrogens with zero attached hydrogens (tertiary/aromatic N) is 1. The molecule has 2 rings (SSSR count). The summed E-state index contributed by atoms with van der Waals surface area (Å²) in [6.07, 6.45) is 0.940. The normalized spacial score (nSPS) is 10.6. The van der Waals surface area contributed by atoms with Crippen LogP contribution in [0.15, 0.2) is 54.6 Å². The van der Waals surface area contributed by atoms with E-state index in [-0.39, 0.29) is 5.91 Å². The molecule has 2 aromatic carbocycles. The molecular weight excluding hydrogens is 300 g/mol. The Morgan fingerprint density at radius 1 is 1.00 bits per heavy atom. The Hall–Kier alpha value is -2.33. The Kier molecular flexibility index (Phi) is 7.30. The van der Waals surface area contributed by atoms with E-state index in [1.54, 1.807) is 6.07 Å². The average molecular weight is 326 g/mol. The van der Waals surface area contributed by atoms with Crippen molar-refractivity contribution in [3.8, 4) is 11.5 Å². The van der Waals surface area contributed by atoms with Gasteiger partial charge in [-0.15, -0.1) is 0 Å². The molecule has 4 nitrogen and oxygen atoms in total. The highest BCUT2D eigenvalue weighted by molar-refractivity contribution is 5.96. The highest BCUT2D eigenvalue weighted by Gasteiger charge is 2.12. The topological polar surface area (TPSA) is 41.6 Å². The second kappa shape index (κ2) is 9.73.